The van der Waals surface area contributed by atoms with Crippen LogP contribution in [0.4, 0.5) is 0 Å². The average molecular weight is 299 g/mol. The van der Waals surface area contributed by atoms with Crippen molar-refractivity contribution in [3.63, 3.8) is 0 Å². The van der Waals surface area contributed by atoms with Crippen LogP contribution in [-0.2, 0) is 21.3 Å². The first kappa shape index (κ1) is 14.1. The summed E-state index contributed by atoms with van der Waals surface area (Å²) in [4.78, 5) is 2.39. The maximum absolute atomic E-state index is 6.07. The SMILES string of the molecule is C#CCN1CC[C@]23COCO[C@H]2[C@H]1Cc1ccc(OC)cc13. The van der Waals surface area contributed by atoms with E-state index in [2.05, 4.69) is 23.0 Å². The molecular weight excluding hydrogens is 278 g/mol. The number of benzene rings is 1. The van der Waals surface area contributed by atoms with Crippen LogP contribution in [0.1, 0.15) is 17.5 Å². The van der Waals surface area contributed by atoms with Crippen LogP contribution >= 0.6 is 0 Å². The van der Waals surface area contributed by atoms with Crippen LogP contribution in [0.2, 0.25) is 0 Å². The van der Waals surface area contributed by atoms with E-state index in [-0.39, 0.29) is 11.5 Å². The minimum absolute atomic E-state index is 0.0594. The molecule has 2 bridgehead atoms. The minimum atomic E-state index is -0.0594. The first-order chi connectivity index (χ1) is 10.8. The zero-order valence-corrected chi connectivity index (χ0v) is 12.9. The molecule has 4 heteroatoms. The Labute approximate surface area is 131 Å². The monoisotopic (exact) mass is 299 g/mol. The van der Waals surface area contributed by atoms with Crippen LogP contribution in [0, 0.1) is 12.3 Å². The molecule has 0 saturated carbocycles. The second kappa shape index (κ2) is 5.27. The lowest BCUT2D eigenvalue weighted by molar-refractivity contribution is -0.221. The van der Waals surface area contributed by atoms with Gasteiger partial charge in [0.15, 0.2) is 0 Å². The van der Waals surface area contributed by atoms with Crippen molar-refractivity contribution >= 4 is 0 Å². The van der Waals surface area contributed by atoms with E-state index < -0.39 is 0 Å². The molecule has 0 radical (unpaired) electrons. The second-order valence-corrected chi connectivity index (χ2v) is 6.43. The first-order valence-electron chi connectivity index (χ1n) is 7.83. The number of methoxy groups -OCH3 is 1. The Hall–Kier alpha value is -1.54. The first-order valence-corrected chi connectivity index (χ1v) is 7.83. The summed E-state index contributed by atoms with van der Waals surface area (Å²) in [7, 11) is 1.71. The third-order valence-corrected chi connectivity index (χ3v) is 5.48. The highest BCUT2D eigenvalue weighted by Crippen LogP contribution is 2.49. The fourth-order valence-corrected chi connectivity index (χ4v) is 4.45. The molecule has 2 saturated heterocycles. The molecule has 2 heterocycles. The molecule has 3 atom stereocenters. The average Bonchev–Trinajstić information content (AvgIpc) is 2.57. The van der Waals surface area contributed by atoms with E-state index in [1.807, 2.05) is 6.07 Å². The van der Waals surface area contributed by atoms with Crippen molar-refractivity contribution in [2.75, 3.05) is 33.6 Å². The van der Waals surface area contributed by atoms with Gasteiger partial charge in [0.25, 0.3) is 0 Å². The lowest BCUT2D eigenvalue weighted by Crippen LogP contribution is -2.67. The van der Waals surface area contributed by atoms with Gasteiger partial charge < -0.3 is 14.2 Å². The Balaban J connectivity index is 1.82. The summed E-state index contributed by atoms with van der Waals surface area (Å²) in [6.07, 6.45) is 7.70. The molecule has 0 spiro atoms. The standard InChI is InChI=1S/C18H21NO3/c1-3-7-19-8-6-18-11-21-12-22-17(18)16(19)9-13-4-5-14(20-2)10-15(13)18/h1,4-5,10,16-17H,6-9,11-12H2,2H3/t16-,17+,18-/m1/s1. The minimum Gasteiger partial charge on any atom is -0.497 e. The molecule has 22 heavy (non-hydrogen) atoms. The van der Waals surface area contributed by atoms with Crippen molar-refractivity contribution in [2.45, 2.75) is 30.4 Å². The molecule has 1 aromatic carbocycles. The van der Waals surface area contributed by atoms with Crippen LogP contribution in [0.3, 0.4) is 0 Å². The third-order valence-electron chi connectivity index (χ3n) is 5.48. The second-order valence-electron chi connectivity index (χ2n) is 6.43. The van der Waals surface area contributed by atoms with Crippen molar-refractivity contribution < 1.29 is 14.2 Å². The molecule has 0 unspecified atom stereocenters. The molecular formula is C18H21NO3. The number of likely N-dealkylation sites (tertiary alicyclic amines) is 1. The summed E-state index contributed by atoms with van der Waals surface area (Å²) in [5.41, 5.74) is 2.65. The number of ether oxygens (including phenoxy) is 3. The van der Waals surface area contributed by atoms with Crippen LogP contribution in [-0.4, -0.2) is 50.6 Å². The molecule has 4 nitrogen and oxygen atoms in total. The van der Waals surface area contributed by atoms with Gasteiger partial charge in [-0.15, -0.1) is 6.42 Å². The summed E-state index contributed by atoms with van der Waals surface area (Å²) in [5, 5.41) is 0. The third kappa shape index (κ3) is 1.90. The van der Waals surface area contributed by atoms with Gasteiger partial charge >= 0.3 is 0 Å². The Morgan fingerprint density at radius 3 is 3.23 bits per heavy atom. The topological polar surface area (TPSA) is 30.9 Å². The lowest BCUT2D eigenvalue weighted by atomic mass is 9.62. The zero-order valence-electron chi connectivity index (χ0n) is 12.9. The maximum Gasteiger partial charge on any atom is 0.147 e. The highest BCUT2D eigenvalue weighted by Gasteiger charge is 2.55. The number of hydrogen-bond donors (Lipinski definition) is 0. The summed E-state index contributed by atoms with van der Waals surface area (Å²) in [6.45, 7) is 2.78. The van der Waals surface area contributed by atoms with Gasteiger partial charge in [-0.1, -0.05) is 12.0 Å². The molecule has 1 aromatic rings. The summed E-state index contributed by atoms with van der Waals surface area (Å²) < 4.78 is 17.2. The van der Waals surface area contributed by atoms with Gasteiger partial charge in [-0.3, -0.25) is 4.90 Å². The van der Waals surface area contributed by atoms with E-state index in [0.717, 1.165) is 31.7 Å². The number of rotatable bonds is 2. The Morgan fingerprint density at radius 1 is 1.50 bits per heavy atom. The maximum atomic E-state index is 6.07. The fourth-order valence-electron chi connectivity index (χ4n) is 4.45. The van der Waals surface area contributed by atoms with E-state index >= 15 is 0 Å². The highest BCUT2D eigenvalue weighted by molar-refractivity contribution is 5.46. The predicted octanol–water partition coefficient (Wildman–Crippen LogP) is 1.57. The van der Waals surface area contributed by atoms with Crippen molar-refractivity contribution in [3.05, 3.63) is 29.3 Å². The molecule has 116 valence electrons. The van der Waals surface area contributed by atoms with Crippen molar-refractivity contribution in [1.82, 2.24) is 4.90 Å². The Bertz CT molecular complexity index is 623. The van der Waals surface area contributed by atoms with Gasteiger partial charge in [-0.25, -0.2) is 0 Å². The number of fused-ring (bicyclic) bond motifs is 1. The van der Waals surface area contributed by atoms with Gasteiger partial charge in [-0.2, -0.15) is 0 Å². The highest BCUT2D eigenvalue weighted by atomic mass is 16.7. The van der Waals surface area contributed by atoms with Crippen molar-refractivity contribution in [2.24, 2.45) is 0 Å². The van der Waals surface area contributed by atoms with Crippen molar-refractivity contribution in [3.8, 4) is 18.1 Å². The molecule has 0 amide bonds. The number of terminal acetylenes is 1. The summed E-state index contributed by atoms with van der Waals surface area (Å²) in [6, 6.07) is 6.75. The van der Waals surface area contributed by atoms with E-state index in [4.69, 9.17) is 20.6 Å². The van der Waals surface area contributed by atoms with Gasteiger partial charge in [0, 0.05) is 18.0 Å². The molecule has 1 aliphatic carbocycles. The molecule has 4 rings (SSSR count). The largest absolute Gasteiger partial charge is 0.497 e. The van der Waals surface area contributed by atoms with Crippen LogP contribution in [0.15, 0.2) is 18.2 Å². The van der Waals surface area contributed by atoms with E-state index in [1.54, 1.807) is 7.11 Å². The van der Waals surface area contributed by atoms with Crippen LogP contribution < -0.4 is 4.74 Å². The van der Waals surface area contributed by atoms with Crippen molar-refractivity contribution in [1.29, 1.82) is 0 Å². The Morgan fingerprint density at radius 2 is 2.41 bits per heavy atom. The van der Waals surface area contributed by atoms with E-state index in [9.17, 15) is 0 Å². The normalized spacial score (nSPS) is 33.5. The molecule has 2 fully saturated rings. The zero-order chi connectivity index (χ0) is 15.2. The van der Waals surface area contributed by atoms with Crippen LogP contribution in [0.5, 0.6) is 5.75 Å². The fraction of sp³-hybridized carbons (Fsp3) is 0.556. The molecule has 3 aliphatic rings. The Kier molecular flexibility index (Phi) is 3.37. The van der Waals surface area contributed by atoms with Gasteiger partial charge in [0.05, 0.1) is 26.4 Å². The molecule has 0 aromatic heterocycles. The number of hydrogen-bond acceptors (Lipinski definition) is 4. The molecule has 0 N–H and O–H groups in total. The number of nitrogens with zero attached hydrogens (tertiary/aromatic N) is 1. The van der Waals surface area contributed by atoms with Gasteiger partial charge in [-0.05, 0) is 36.1 Å². The lowest BCUT2D eigenvalue weighted by Gasteiger charge is -2.57. The smallest absolute Gasteiger partial charge is 0.147 e. The number of piperidine rings is 1. The molecule has 2 aliphatic heterocycles. The predicted molar refractivity (Wildman–Crippen MR) is 82.9 cm³/mol. The van der Waals surface area contributed by atoms with E-state index in [0.29, 0.717) is 19.4 Å². The summed E-state index contributed by atoms with van der Waals surface area (Å²) in [5.74, 6) is 3.70. The van der Waals surface area contributed by atoms with E-state index in [1.165, 1.54) is 11.1 Å². The van der Waals surface area contributed by atoms with Gasteiger partial charge in [0.1, 0.15) is 12.5 Å². The van der Waals surface area contributed by atoms with Crippen LogP contribution in [0.25, 0.3) is 0 Å². The summed E-state index contributed by atoms with van der Waals surface area (Å²) >= 11 is 0. The quantitative estimate of drug-likeness (QED) is 0.776. The van der Waals surface area contributed by atoms with Gasteiger partial charge in [0.2, 0.25) is 0 Å².